The highest BCUT2D eigenvalue weighted by molar-refractivity contribution is 6.02. The Bertz CT molecular complexity index is 971. The van der Waals surface area contributed by atoms with Crippen molar-refractivity contribution in [3.8, 4) is 11.5 Å². The van der Waals surface area contributed by atoms with Crippen LogP contribution in [0.5, 0.6) is 11.5 Å². The van der Waals surface area contributed by atoms with Crippen molar-refractivity contribution in [1.29, 1.82) is 0 Å². The lowest BCUT2D eigenvalue weighted by Gasteiger charge is -2.08. The number of carbonyl (C=O) groups excluding carboxylic acids is 1. The van der Waals surface area contributed by atoms with Gasteiger partial charge in [0, 0.05) is 6.42 Å². The largest absolute Gasteiger partial charge is 0.506 e. The molecular formula is C20H18O5. The molecule has 0 fully saturated rings. The zero-order valence-electron chi connectivity index (χ0n) is 13.8. The first-order valence-corrected chi connectivity index (χ1v) is 8.01. The predicted octanol–water partition coefficient (Wildman–Crippen LogP) is 3.71. The lowest BCUT2D eigenvalue weighted by molar-refractivity contribution is 0.0974. The van der Waals surface area contributed by atoms with Crippen LogP contribution in [0.1, 0.15) is 28.8 Å². The van der Waals surface area contributed by atoms with E-state index >= 15 is 0 Å². The van der Waals surface area contributed by atoms with Crippen molar-refractivity contribution in [3.05, 3.63) is 70.1 Å². The van der Waals surface area contributed by atoms with E-state index in [1.807, 2.05) is 24.3 Å². The number of rotatable bonds is 6. The van der Waals surface area contributed by atoms with E-state index in [2.05, 4.69) is 0 Å². The lowest BCUT2D eigenvalue weighted by Crippen LogP contribution is -2.14. The van der Waals surface area contributed by atoms with Crippen LogP contribution in [0, 0.1) is 0 Å². The maximum atomic E-state index is 12.4. The Morgan fingerprint density at radius 3 is 2.64 bits per heavy atom. The van der Waals surface area contributed by atoms with Crippen molar-refractivity contribution in [2.45, 2.75) is 19.3 Å². The van der Waals surface area contributed by atoms with Crippen LogP contribution in [0.15, 0.2) is 57.7 Å². The molecule has 25 heavy (non-hydrogen) atoms. The summed E-state index contributed by atoms with van der Waals surface area (Å²) in [6.45, 7) is 0. The van der Waals surface area contributed by atoms with E-state index in [0.717, 1.165) is 11.3 Å². The van der Waals surface area contributed by atoms with E-state index in [0.29, 0.717) is 18.2 Å². The predicted molar refractivity (Wildman–Crippen MR) is 94.4 cm³/mol. The quantitative estimate of drug-likeness (QED) is 0.547. The zero-order valence-corrected chi connectivity index (χ0v) is 13.8. The molecule has 0 atom stereocenters. The maximum Gasteiger partial charge on any atom is 0.351 e. The van der Waals surface area contributed by atoms with E-state index in [4.69, 9.17) is 9.15 Å². The number of benzene rings is 2. The van der Waals surface area contributed by atoms with Crippen LogP contribution >= 0.6 is 0 Å². The topological polar surface area (TPSA) is 76.7 Å². The van der Waals surface area contributed by atoms with Crippen molar-refractivity contribution in [3.63, 3.8) is 0 Å². The van der Waals surface area contributed by atoms with Gasteiger partial charge < -0.3 is 14.3 Å². The van der Waals surface area contributed by atoms with Gasteiger partial charge in [-0.05, 0) is 36.6 Å². The SMILES string of the molecule is COc1ccccc1CCCC(=O)c1c(O)c2ccccc2oc1=O. The number of methoxy groups -OCH3 is 1. The fourth-order valence-corrected chi connectivity index (χ4v) is 2.85. The van der Waals surface area contributed by atoms with Gasteiger partial charge in [0.15, 0.2) is 5.78 Å². The highest BCUT2D eigenvalue weighted by Crippen LogP contribution is 2.27. The third-order valence-electron chi connectivity index (χ3n) is 4.11. The van der Waals surface area contributed by atoms with Crippen molar-refractivity contribution in [2.24, 2.45) is 0 Å². The number of aryl methyl sites for hydroxylation is 1. The third-order valence-corrected chi connectivity index (χ3v) is 4.11. The van der Waals surface area contributed by atoms with Gasteiger partial charge >= 0.3 is 5.63 Å². The summed E-state index contributed by atoms with van der Waals surface area (Å²) in [7, 11) is 1.60. The fraction of sp³-hybridized carbons (Fsp3) is 0.200. The first-order valence-electron chi connectivity index (χ1n) is 8.01. The minimum atomic E-state index is -0.807. The second kappa shape index (κ2) is 7.21. The Kier molecular flexibility index (Phi) is 4.84. The monoisotopic (exact) mass is 338 g/mol. The van der Waals surface area contributed by atoms with E-state index in [-0.39, 0.29) is 23.3 Å². The summed E-state index contributed by atoms with van der Waals surface area (Å²) in [5.41, 5.74) is 0.167. The van der Waals surface area contributed by atoms with E-state index in [1.165, 1.54) is 0 Å². The standard InChI is InChI=1S/C20H18O5/c1-24-16-11-4-2-7-13(16)8-6-10-15(21)18-19(22)14-9-3-5-12-17(14)25-20(18)23/h2-5,7,9,11-12,22H,6,8,10H2,1H3. The van der Waals surface area contributed by atoms with Gasteiger partial charge in [0.2, 0.25) is 0 Å². The summed E-state index contributed by atoms with van der Waals surface area (Å²) < 4.78 is 10.4. The molecule has 0 saturated heterocycles. The second-order valence-electron chi connectivity index (χ2n) is 5.70. The van der Waals surface area contributed by atoms with Crippen LogP contribution in [-0.2, 0) is 6.42 Å². The highest BCUT2D eigenvalue weighted by Gasteiger charge is 2.20. The molecule has 128 valence electrons. The number of carbonyl (C=O) groups is 1. The van der Waals surface area contributed by atoms with Gasteiger partial charge in [-0.3, -0.25) is 4.79 Å². The molecule has 0 radical (unpaired) electrons. The lowest BCUT2D eigenvalue weighted by atomic mass is 10.0. The summed E-state index contributed by atoms with van der Waals surface area (Å²) in [5, 5.41) is 10.7. The number of ketones is 1. The number of aromatic hydroxyl groups is 1. The van der Waals surface area contributed by atoms with Crippen molar-refractivity contribution in [1.82, 2.24) is 0 Å². The van der Waals surface area contributed by atoms with E-state index in [1.54, 1.807) is 31.4 Å². The first-order chi connectivity index (χ1) is 12.1. The average molecular weight is 338 g/mol. The molecule has 0 spiro atoms. The molecule has 1 N–H and O–H groups in total. The summed E-state index contributed by atoms with van der Waals surface area (Å²) >= 11 is 0. The normalized spacial score (nSPS) is 10.8. The minimum absolute atomic E-state index is 0.134. The molecule has 1 heterocycles. The maximum absolute atomic E-state index is 12.4. The van der Waals surface area contributed by atoms with Gasteiger partial charge in [0.05, 0.1) is 12.5 Å². The molecule has 0 aliphatic heterocycles. The molecule has 0 aliphatic rings. The summed E-state index contributed by atoms with van der Waals surface area (Å²) in [6, 6.07) is 14.2. The Balaban J connectivity index is 1.78. The van der Waals surface area contributed by atoms with Crippen LogP contribution in [0.25, 0.3) is 11.0 Å². The number of ether oxygens (including phenoxy) is 1. The summed E-state index contributed by atoms with van der Waals surface area (Å²) in [6.07, 6.45) is 1.30. The van der Waals surface area contributed by atoms with Crippen LogP contribution < -0.4 is 10.4 Å². The fourth-order valence-electron chi connectivity index (χ4n) is 2.85. The van der Waals surface area contributed by atoms with Crippen molar-refractivity contribution >= 4 is 16.8 Å². The molecule has 0 aliphatic carbocycles. The molecule has 5 heteroatoms. The molecule has 3 rings (SSSR count). The molecule has 3 aromatic rings. The van der Waals surface area contributed by atoms with E-state index in [9.17, 15) is 14.7 Å². The van der Waals surface area contributed by atoms with Crippen LogP contribution in [-0.4, -0.2) is 18.0 Å². The molecule has 0 bridgehead atoms. The van der Waals surface area contributed by atoms with Crippen molar-refractivity contribution < 1.29 is 19.1 Å². The number of hydrogen-bond donors (Lipinski definition) is 1. The van der Waals surface area contributed by atoms with Gasteiger partial charge in [0.1, 0.15) is 22.6 Å². The first kappa shape index (κ1) is 16.8. The Morgan fingerprint density at radius 1 is 1.12 bits per heavy atom. The minimum Gasteiger partial charge on any atom is -0.506 e. The third kappa shape index (κ3) is 3.40. The highest BCUT2D eigenvalue weighted by atomic mass is 16.5. The molecule has 1 aromatic heterocycles. The summed E-state index contributed by atoms with van der Waals surface area (Å²) in [4.78, 5) is 24.5. The van der Waals surface area contributed by atoms with E-state index < -0.39 is 11.4 Å². The number of Topliss-reactive ketones (excluding diaryl/α,β-unsaturated/α-hetero) is 1. The van der Waals surface area contributed by atoms with Crippen LogP contribution in [0.2, 0.25) is 0 Å². The average Bonchev–Trinajstić information content (AvgIpc) is 2.62. The Labute approximate surface area is 144 Å². The summed E-state index contributed by atoms with van der Waals surface area (Å²) in [5.74, 6) is 0.0315. The van der Waals surface area contributed by atoms with Crippen LogP contribution in [0.3, 0.4) is 0 Å². The van der Waals surface area contributed by atoms with Gasteiger partial charge in [-0.25, -0.2) is 4.79 Å². The molecule has 0 saturated carbocycles. The van der Waals surface area contributed by atoms with Gasteiger partial charge in [0.25, 0.3) is 0 Å². The number of hydrogen-bond acceptors (Lipinski definition) is 5. The van der Waals surface area contributed by atoms with Crippen LogP contribution in [0.4, 0.5) is 0 Å². The van der Waals surface area contributed by atoms with Crippen molar-refractivity contribution in [2.75, 3.05) is 7.11 Å². The number of para-hydroxylation sites is 2. The zero-order chi connectivity index (χ0) is 17.8. The molecular weight excluding hydrogens is 320 g/mol. The van der Waals surface area contributed by atoms with Gasteiger partial charge in [-0.15, -0.1) is 0 Å². The van der Waals surface area contributed by atoms with Gasteiger partial charge in [-0.1, -0.05) is 30.3 Å². The Hall–Kier alpha value is -3.08. The molecule has 5 nitrogen and oxygen atoms in total. The van der Waals surface area contributed by atoms with Gasteiger partial charge in [-0.2, -0.15) is 0 Å². The molecule has 2 aromatic carbocycles. The second-order valence-corrected chi connectivity index (χ2v) is 5.70. The Morgan fingerprint density at radius 2 is 1.84 bits per heavy atom. The molecule has 0 unspecified atom stereocenters. The molecule has 0 amide bonds. The number of fused-ring (bicyclic) bond motifs is 1. The smallest absolute Gasteiger partial charge is 0.351 e.